The van der Waals surface area contributed by atoms with E-state index in [1.165, 1.54) is 57.6 Å². The van der Waals surface area contributed by atoms with Crippen molar-refractivity contribution in [3.05, 3.63) is 90.0 Å². The summed E-state index contributed by atoms with van der Waals surface area (Å²) in [6.45, 7) is 4.42. The van der Waals surface area contributed by atoms with Gasteiger partial charge >= 0.3 is 0 Å². The van der Waals surface area contributed by atoms with Gasteiger partial charge in [0.15, 0.2) is 0 Å². The number of hydrogen-bond acceptors (Lipinski definition) is 2. The third-order valence-electron chi connectivity index (χ3n) is 6.94. The van der Waals surface area contributed by atoms with E-state index in [0.29, 0.717) is 0 Å². The lowest BCUT2D eigenvalue weighted by molar-refractivity contribution is 0.139. The van der Waals surface area contributed by atoms with Gasteiger partial charge in [-0.25, -0.2) is 0 Å². The number of nitrogens with zero attached hydrogens (tertiary/aromatic N) is 1. The molecule has 0 radical (unpaired) electrons. The number of anilines is 1. The van der Waals surface area contributed by atoms with Crippen LogP contribution < -0.4 is 9.64 Å². The molecule has 0 aliphatic carbocycles. The highest BCUT2D eigenvalue weighted by Crippen LogP contribution is 2.44. The van der Waals surface area contributed by atoms with Gasteiger partial charge in [0.25, 0.3) is 0 Å². The maximum absolute atomic E-state index is 6.78. The predicted molar refractivity (Wildman–Crippen MR) is 131 cm³/mol. The van der Waals surface area contributed by atoms with Crippen LogP contribution >= 0.6 is 0 Å². The maximum Gasteiger partial charge on any atom is 0.150 e. The highest BCUT2D eigenvalue weighted by Gasteiger charge is 2.31. The van der Waals surface area contributed by atoms with Crippen LogP contribution in [-0.2, 0) is 5.60 Å². The zero-order valence-electron chi connectivity index (χ0n) is 18.0. The molecule has 4 aromatic rings. The third kappa shape index (κ3) is 3.09. The van der Waals surface area contributed by atoms with E-state index >= 15 is 0 Å². The van der Waals surface area contributed by atoms with Gasteiger partial charge in [-0.15, -0.1) is 0 Å². The fourth-order valence-corrected chi connectivity index (χ4v) is 5.16. The molecular weight excluding hydrogens is 378 g/mol. The Hall–Kier alpha value is -3.26. The van der Waals surface area contributed by atoms with E-state index in [9.17, 15) is 0 Å². The fourth-order valence-electron chi connectivity index (χ4n) is 5.16. The van der Waals surface area contributed by atoms with Crippen molar-refractivity contribution < 1.29 is 4.74 Å². The molecule has 4 aromatic carbocycles. The van der Waals surface area contributed by atoms with Crippen LogP contribution in [0.25, 0.3) is 27.6 Å². The molecule has 2 heteroatoms. The molecule has 1 atom stereocenters. The summed E-state index contributed by atoms with van der Waals surface area (Å²) >= 11 is 0. The van der Waals surface area contributed by atoms with E-state index in [0.717, 1.165) is 18.8 Å². The van der Waals surface area contributed by atoms with Crippen LogP contribution in [0.3, 0.4) is 0 Å². The Morgan fingerprint density at radius 2 is 1.52 bits per heavy atom. The van der Waals surface area contributed by atoms with E-state index in [-0.39, 0.29) is 0 Å². The normalized spacial score (nSPS) is 20.6. The zero-order valence-corrected chi connectivity index (χ0v) is 18.0. The molecule has 2 aliphatic heterocycles. The second-order valence-electron chi connectivity index (χ2n) is 9.01. The van der Waals surface area contributed by atoms with Gasteiger partial charge in [0.05, 0.1) is 0 Å². The summed E-state index contributed by atoms with van der Waals surface area (Å²) < 4.78 is 6.78. The standard InChI is InChI=1S/C29H27NO/c1-29(23-14-13-21-9-3-4-10-22(21)19-23)16-15-26-24-11-5-6-12-25(24)27(20-28(26)31-29)30-17-7-2-8-18-30/h3-6,9-16,19-20H,2,7-8,17-18H2,1H3. The molecule has 0 amide bonds. The highest BCUT2D eigenvalue weighted by molar-refractivity contribution is 6.02. The van der Waals surface area contributed by atoms with Gasteiger partial charge in [0, 0.05) is 35.8 Å². The van der Waals surface area contributed by atoms with Crippen LogP contribution in [0.4, 0.5) is 5.69 Å². The molecule has 31 heavy (non-hydrogen) atoms. The second kappa shape index (κ2) is 7.16. The molecule has 1 fully saturated rings. The van der Waals surface area contributed by atoms with Crippen molar-refractivity contribution in [1.82, 2.24) is 0 Å². The van der Waals surface area contributed by atoms with Gasteiger partial charge in [-0.05, 0) is 60.1 Å². The number of benzene rings is 4. The largest absolute Gasteiger partial charge is 0.478 e. The zero-order chi connectivity index (χ0) is 20.8. The van der Waals surface area contributed by atoms with Crippen LogP contribution in [0.5, 0.6) is 5.75 Å². The summed E-state index contributed by atoms with van der Waals surface area (Å²) in [5.41, 5.74) is 3.19. The SMILES string of the molecule is CC1(c2ccc3ccccc3c2)C=Cc2c(cc(N3CCCCC3)c3ccccc23)O1. The first-order chi connectivity index (χ1) is 15.2. The quantitative estimate of drug-likeness (QED) is 0.347. The molecule has 2 nitrogen and oxygen atoms in total. The first kappa shape index (κ1) is 18.5. The van der Waals surface area contributed by atoms with Crippen LogP contribution in [0, 0.1) is 0 Å². The van der Waals surface area contributed by atoms with Crippen LogP contribution in [-0.4, -0.2) is 13.1 Å². The average molecular weight is 406 g/mol. The minimum Gasteiger partial charge on any atom is -0.478 e. The Kier molecular flexibility index (Phi) is 4.27. The molecule has 0 saturated carbocycles. The van der Waals surface area contributed by atoms with E-state index in [4.69, 9.17) is 4.74 Å². The summed E-state index contributed by atoms with van der Waals surface area (Å²) in [6, 6.07) is 26.2. The Morgan fingerprint density at radius 1 is 0.774 bits per heavy atom. The van der Waals surface area contributed by atoms with Crippen molar-refractivity contribution in [2.75, 3.05) is 18.0 Å². The first-order valence-corrected chi connectivity index (χ1v) is 11.4. The molecule has 1 saturated heterocycles. The van der Waals surface area contributed by atoms with E-state index in [1.807, 2.05) is 0 Å². The van der Waals surface area contributed by atoms with Crippen molar-refractivity contribution in [2.45, 2.75) is 31.8 Å². The molecule has 2 heterocycles. The number of hydrogen-bond donors (Lipinski definition) is 0. The van der Waals surface area contributed by atoms with Crippen molar-refractivity contribution in [3.8, 4) is 5.75 Å². The Labute approximate surface area is 183 Å². The highest BCUT2D eigenvalue weighted by atomic mass is 16.5. The lowest BCUT2D eigenvalue weighted by Gasteiger charge is -2.35. The fraction of sp³-hybridized carbons (Fsp3) is 0.241. The molecule has 6 rings (SSSR count). The molecule has 0 N–H and O–H groups in total. The Balaban J connectivity index is 1.48. The van der Waals surface area contributed by atoms with Crippen molar-refractivity contribution in [3.63, 3.8) is 0 Å². The lowest BCUT2D eigenvalue weighted by atomic mass is 9.89. The van der Waals surface area contributed by atoms with Crippen LogP contribution in [0.15, 0.2) is 78.9 Å². The lowest BCUT2D eigenvalue weighted by Crippen LogP contribution is -2.31. The van der Waals surface area contributed by atoms with Crippen molar-refractivity contribution in [1.29, 1.82) is 0 Å². The molecule has 0 bridgehead atoms. The van der Waals surface area contributed by atoms with Crippen LogP contribution in [0.2, 0.25) is 0 Å². The van der Waals surface area contributed by atoms with E-state index in [1.54, 1.807) is 0 Å². The first-order valence-electron chi connectivity index (χ1n) is 11.4. The smallest absolute Gasteiger partial charge is 0.150 e. The summed E-state index contributed by atoms with van der Waals surface area (Å²) in [7, 11) is 0. The van der Waals surface area contributed by atoms with Gasteiger partial charge in [0.1, 0.15) is 11.4 Å². The predicted octanol–water partition coefficient (Wildman–Crippen LogP) is 7.30. The molecular formula is C29H27NO. The van der Waals surface area contributed by atoms with Crippen molar-refractivity contribution >= 4 is 33.3 Å². The molecule has 0 aromatic heterocycles. The van der Waals surface area contributed by atoms with E-state index in [2.05, 4.69) is 96.8 Å². The van der Waals surface area contributed by atoms with Gasteiger partial charge in [-0.1, -0.05) is 66.7 Å². The topological polar surface area (TPSA) is 12.5 Å². The van der Waals surface area contributed by atoms with Crippen molar-refractivity contribution in [2.24, 2.45) is 0 Å². The number of fused-ring (bicyclic) bond motifs is 4. The number of piperidine rings is 1. The number of ether oxygens (including phenoxy) is 1. The maximum atomic E-state index is 6.78. The summed E-state index contributed by atoms with van der Waals surface area (Å²) in [5.74, 6) is 0.984. The van der Waals surface area contributed by atoms with Gasteiger partial charge in [-0.2, -0.15) is 0 Å². The summed E-state index contributed by atoms with van der Waals surface area (Å²) in [4.78, 5) is 2.54. The molecule has 2 aliphatic rings. The Bertz CT molecular complexity index is 1320. The summed E-state index contributed by atoms with van der Waals surface area (Å²) in [5, 5.41) is 5.10. The van der Waals surface area contributed by atoms with Gasteiger partial charge in [-0.3, -0.25) is 0 Å². The monoisotopic (exact) mass is 405 g/mol. The number of rotatable bonds is 2. The minimum absolute atomic E-state index is 0.487. The average Bonchev–Trinajstić information content (AvgIpc) is 2.83. The van der Waals surface area contributed by atoms with Gasteiger partial charge < -0.3 is 9.64 Å². The Morgan fingerprint density at radius 3 is 2.35 bits per heavy atom. The summed E-state index contributed by atoms with van der Waals surface area (Å²) in [6.07, 6.45) is 8.34. The molecule has 0 spiro atoms. The molecule has 154 valence electrons. The van der Waals surface area contributed by atoms with Gasteiger partial charge in [0.2, 0.25) is 0 Å². The van der Waals surface area contributed by atoms with E-state index < -0.39 is 5.60 Å². The second-order valence-corrected chi connectivity index (χ2v) is 9.01. The third-order valence-corrected chi connectivity index (χ3v) is 6.94. The molecule has 1 unspecified atom stereocenters. The van der Waals surface area contributed by atoms with Crippen LogP contribution in [0.1, 0.15) is 37.3 Å². The minimum atomic E-state index is -0.487.